The third-order valence-electron chi connectivity index (χ3n) is 7.35. The van der Waals surface area contributed by atoms with Gasteiger partial charge in [0.2, 0.25) is 5.91 Å². The van der Waals surface area contributed by atoms with Crippen molar-refractivity contribution in [2.24, 2.45) is 0 Å². The zero-order chi connectivity index (χ0) is 20.6. The molecule has 1 aromatic heterocycles. The van der Waals surface area contributed by atoms with Gasteiger partial charge < -0.3 is 10.2 Å². The van der Waals surface area contributed by atoms with Crippen molar-refractivity contribution in [3.05, 3.63) is 65.5 Å². The first-order chi connectivity index (χ1) is 14.7. The summed E-state index contributed by atoms with van der Waals surface area (Å²) in [5.74, 6) is -0.148. The van der Waals surface area contributed by atoms with E-state index in [9.17, 15) is 9.59 Å². The van der Waals surface area contributed by atoms with E-state index in [1.54, 1.807) is 12.4 Å². The van der Waals surface area contributed by atoms with E-state index >= 15 is 0 Å². The van der Waals surface area contributed by atoms with Gasteiger partial charge >= 0.3 is 0 Å². The number of fused-ring (bicyclic) bond motifs is 1. The van der Waals surface area contributed by atoms with Crippen LogP contribution >= 0.6 is 0 Å². The molecule has 0 bridgehead atoms. The second-order valence-corrected chi connectivity index (χ2v) is 9.02. The highest BCUT2D eigenvalue weighted by atomic mass is 16.2. The predicted molar refractivity (Wildman–Crippen MR) is 115 cm³/mol. The van der Waals surface area contributed by atoms with Crippen LogP contribution in [0.15, 0.2) is 48.8 Å². The van der Waals surface area contributed by atoms with Crippen molar-refractivity contribution in [3.63, 3.8) is 0 Å². The van der Waals surface area contributed by atoms with E-state index in [0.717, 1.165) is 49.7 Å². The largest absolute Gasteiger partial charge is 0.351 e. The summed E-state index contributed by atoms with van der Waals surface area (Å²) >= 11 is 0. The van der Waals surface area contributed by atoms with Gasteiger partial charge in [0.25, 0.3) is 5.91 Å². The smallest absolute Gasteiger partial charge is 0.254 e. The summed E-state index contributed by atoms with van der Waals surface area (Å²) in [6.45, 7) is 0.457. The van der Waals surface area contributed by atoms with Gasteiger partial charge in [-0.1, -0.05) is 49.9 Å². The number of amides is 2. The van der Waals surface area contributed by atoms with Crippen molar-refractivity contribution in [3.8, 4) is 0 Å². The van der Waals surface area contributed by atoms with Gasteiger partial charge in [0.05, 0.1) is 11.5 Å². The molecule has 5 heteroatoms. The van der Waals surface area contributed by atoms with Crippen LogP contribution in [0.5, 0.6) is 0 Å². The SMILES string of the molecule is O=C(NCc1cccnc1)C1c2ccccc2C(=O)N(C2CCCC2)C12CCCC2. The molecule has 2 aliphatic carbocycles. The van der Waals surface area contributed by atoms with Crippen LogP contribution in [0.25, 0.3) is 0 Å². The maximum absolute atomic E-state index is 13.7. The van der Waals surface area contributed by atoms with Crippen LogP contribution in [0.3, 0.4) is 0 Å². The Morgan fingerprint density at radius 1 is 1.07 bits per heavy atom. The fourth-order valence-electron chi connectivity index (χ4n) is 6.09. The molecule has 2 aromatic rings. The first kappa shape index (κ1) is 19.3. The molecule has 1 atom stereocenters. The number of nitrogens with one attached hydrogen (secondary N) is 1. The molecule has 1 unspecified atom stereocenters. The highest BCUT2D eigenvalue weighted by Crippen LogP contribution is 2.52. The molecule has 1 aliphatic heterocycles. The highest BCUT2D eigenvalue weighted by Gasteiger charge is 2.57. The summed E-state index contributed by atoms with van der Waals surface area (Å²) in [6.07, 6.45) is 11.9. The van der Waals surface area contributed by atoms with E-state index in [4.69, 9.17) is 0 Å². The summed E-state index contributed by atoms with van der Waals surface area (Å²) in [7, 11) is 0. The minimum absolute atomic E-state index is 0.0312. The molecular formula is C25H29N3O2. The van der Waals surface area contributed by atoms with Crippen LogP contribution in [0.1, 0.15) is 78.8 Å². The molecule has 1 aromatic carbocycles. The van der Waals surface area contributed by atoms with Crippen LogP contribution in [-0.4, -0.2) is 33.3 Å². The quantitative estimate of drug-likeness (QED) is 0.832. The van der Waals surface area contributed by atoms with Crippen molar-refractivity contribution in [1.29, 1.82) is 0 Å². The zero-order valence-electron chi connectivity index (χ0n) is 17.3. The summed E-state index contributed by atoms with van der Waals surface area (Å²) < 4.78 is 0. The second kappa shape index (κ2) is 7.86. The molecule has 156 valence electrons. The molecule has 30 heavy (non-hydrogen) atoms. The number of aromatic nitrogens is 1. The average molecular weight is 404 g/mol. The van der Waals surface area contributed by atoms with Crippen molar-refractivity contribution in [2.75, 3.05) is 0 Å². The van der Waals surface area contributed by atoms with Crippen molar-refractivity contribution in [2.45, 2.75) is 75.4 Å². The van der Waals surface area contributed by atoms with Crippen LogP contribution in [-0.2, 0) is 11.3 Å². The number of rotatable bonds is 4. The van der Waals surface area contributed by atoms with Gasteiger partial charge in [-0.3, -0.25) is 14.6 Å². The average Bonchev–Trinajstić information content (AvgIpc) is 3.47. The van der Waals surface area contributed by atoms with Crippen LogP contribution < -0.4 is 5.32 Å². The molecule has 5 rings (SSSR count). The molecular weight excluding hydrogens is 374 g/mol. The fraction of sp³-hybridized carbons (Fsp3) is 0.480. The van der Waals surface area contributed by atoms with Gasteiger partial charge in [-0.05, 0) is 48.9 Å². The normalized spacial score (nSPS) is 23.0. The van der Waals surface area contributed by atoms with Gasteiger partial charge in [0, 0.05) is 30.5 Å². The Labute approximate surface area is 177 Å². The lowest BCUT2D eigenvalue weighted by Crippen LogP contribution is -2.63. The number of carbonyl (C=O) groups is 2. The van der Waals surface area contributed by atoms with Crippen LogP contribution in [0, 0.1) is 0 Å². The lowest BCUT2D eigenvalue weighted by molar-refractivity contribution is -0.127. The van der Waals surface area contributed by atoms with Crippen molar-refractivity contribution in [1.82, 2.24) is 15.2 Å². The van der Waals surface area contributed by atoms with Gasteiger partial charge in [0.1, 0.15) is 0 Å². The third kappa shape index (κ3) is 3.11. The molecule has 2 heterocycles. The Morgan fingerprint density at radius 2 is 1.83 bits per heavy atom. The number of nitrogens with zero attached hydrogens (tertiary/aromatic N) is 2. The summed E-state index contributed by atoms with van der Waals surface area (Å²) in [4.78, 5) is 33.7. The molecule has 1 spiro atoms. The summed E-state index contributed by atoms with van der Waals surface area (Å²) in [5.41, 5.74) is 2.21. The van der Waals surface area contributed by atoms with E-state index in [1.165, 1.54) is 12.8 Å². The van der Waals surface area contributed by atoms with Gasteiger partial charge in [-0.25, -0.2) is 0 Å². The maximum atomic E-state index is 13.7. The van der Waals surface area contributed by atoms with Crippen LogP contribution in [0.2, 0.25) is 0 Å². The number of benzene rings is 1. The molecule has 1 N–H and O–H groups in total. The number of pyridine rings is 1. The minimum Gasteiger partial charge on any atom is -0.351 e. The van der Waals surface area contributed by atoms with E-state index in [2.05, 4.69) is 15.2 Å². The van der Waals surface area contributed by atoms with Gasteiger partial charge in [-0.2, -0.15) is 0 Å². The molecule has 2 amide bonds. The standard InChI is InChI=1S/C25H29N3O2/c29-23(27-17-18-8-7-15-26-16-18)22-20-11-3-4-12-21(20)24(30)28(19-9-1-2-10-19)25(22)13-5-6-14-25/h3-4,7-8,11-12,15-16,19,22H,1-2,5-6,9-10,13-14,17H2,(H,27,29). The first-order valence-electron chi connectivity index (χ1n) is 11.3. The third-order valence-corrected chi connectivity index (χ3v) is 7.35. The topological polar surface area (TPSA) is 62.3 Å². The monoisotopic (exact) mass is 403 g/mol. The fourth-order valence-corrected chi connectivity index (χ4v) is 6.09. The first-order valence-corrected chi connectivity index (χ1v) is 11.3. The lowest BCUT2D eigenvalue weighted by Gasteiger charge is -2.52. The maximum Gasteiger partial charge on any atom is 0.254 e. The zero-order valence-corrected chi connectivity index (χ0v) is 17.3. The molecule has 3 aliphatic rings. The molecule has 5 nitrogen and oxygen atoms in total. The number of carbonyl (C=O) groups excluding carboxylic acids is 2. The summed E-state index contributed by atoms with van der Waals surface area (Å²) in [5, 5.41) is 3.17. The van der Waals surface area contributed by atoms with E-state index in [-0.39, 0.29) is 29.3 Å². The van der Waals surface area contributed by atoms with E-state index in [1.807, 2.05) is 36.4 Å². The lowest BCUT2D eigenvalue weighted by atomic mass is 9.70. The predicted octanol–water partition coefficient (Wildman–Crippen LogP) is 4.19. The number of hydrogen-bond donors (Lipinski definition) is 1. The second-order valence-electron chi connectivity index (χ2n) is 9.02. The number of hydrogen-bond acceptors (Lipinski definition) is 3. The van der Waals surface area contributed by atoms with Gasteiger partial charge in [-0.15, -0.1) is 0 Å². The molecule has 0 radical (unpaired) electrons. The van der Waals surface area contributed by atoms with Crippen molar-refractivity contribution >= 4 is 11.8 Å². The van der Waals surface area contributed by atoms with Crippen LogP contribution in [0.4, 0.5) is 0 Å². The Morgan fingerprint density at radius 3 is 2.57 bits per heavy atom. The Hall–Kier alpha value is -2.69. The van der Waals surface area contributed by atoms with E-state index in [0.29, 0.717) is 12.1 Å². The van der Waals surface area contributed by atoms with Gasteiger partial charge in [0.15, 0.2) is 0 Å². The van der Waals surface area contributed by atoms with E-state index < -0.39 is 0 Å². The Bertz CT molecular complexity index is 930. The molecule has 2 fully saturated rings. The minimum atomic E-state index is -0.389. The molecule has 2 saturated carbocycles. The van der Waals surface area contributed by atoms with Crippen molar-refractivity contribution < 1.29 is 9.59 Å². The Balaban J connectivity index is 1.55. The molecule has 0 saturated heterocycles. The highest BCUT2D eigenvalue weighted by molar-refractivity contribution is 6.02. The Kier molecular flexibility index (Phi) is 5.05. The summed E-state index contributed by atoms with van der Waals surface area (Å²) in [6, 6.07) is 11.9.